The van der Waals surface area contributed by atoms with Gasteiger partial charge in [0.05, 0.1) is 36.6 Å². The predicted molar refractivity (Wildman–Crippen MR) is 345 cm³/mol. The largest absolute Gasteiger partial charge is 0.504 e. The predicted octanol–water partition coefficient (Wildman–Crippen LogP) is -0.950. The summed E-state index contributed by atoms with van der Waals surface area (Å²) in [6.45, 7) is 7.35. The van der Waals surface area contributed by atoms with Crippen molar-refractivity contribution in [3.63, 3.8) is 0 Å². The lowest BCUT2D eigenvalue weighted by Crippen LogP contribution is -2.64. The molecule has 4 heterocycles. The zero-order valence-corrected chi connectivity index (χ0v) is 54.0. The Morgan fingerprint density at radius 3 is 1.93 bits per heavy atom. The van der Waals surface area contributed by atoms with Gasteiger partial charge >= 0.3 is 0 Å². The van der Waals surface area contributed by atoms with Gasteiger partial charge in [0.2, 0.25) is 35.4 Å². The third-order valence-corrected chi connectivity index (χ3v) is 18.0. The molecule has 91 heavy (non-hydrogen) atoms. The molecule has 5 fully saturated rings. The standard InChI is InChI=1S/C62H89N11O15.3ClH/c1-4-36-5-14-41(15-6-36)70-22-24-71(25-23-70)42-16-12-39(13-17-42)38-8-10-40(11-9-38)56(81)66-45-29-43(75)31-65-60(85)54-55(80)34(2)32-73(54)62(87)53(48(78)19-20-63)69-59(84)52(49(79)27-37-7-18-47(77)50(28-37)88-26-21-64)68-58(83)46-30-44(76)33-72(46)61(86)51(35(3)74)67-57(45)82;;;/h7-13,16-18,28,34-36,41,43-46,48-49,51-55,74-80H,4-6,14-15,19-27,29-33,63-64H2,1-3H3,(H,65,85)(H,66,81)(H,67,82)(H,68,83)(H,69,84);3*1H/t34-,35+,36?,41?,43+,44+,45-,46-,48+,49+,51-,52-,53-,54-,55-;;;/m0.../s1. The number of aliphatic hydroxyl groups excluding tert-OH is 6. The number of nitrogens with two attached hydrogens (primary N) is 2. The zero-order valence-electron chi connectivity index (χ0n) is 51.5. The summed E-state index contributed by atoms with van der Waals surface area (Å²) in [6.07, 6.45) is -5.29. The van der Waals surface area contributed by atoms with Gasteiger partial charge in [-0.05, 0) is 105 Å². The van der Waals surface area contributed by atoms with Crippen molar-refractivity contribution in [3.8, 4) is 22.6 Å². The fourth-order valence-electron chi connectivity index (χ4n) is 12.8. The topological polar surface area (TPSA) is 395 Å². The van der Waals surface area contributed by atoms with Crippen molar-refractivity contribution in [2.75, 3.05) is 70.4 Å². The average Bonchev–Trinajstić information content (AvgIpc) is 2.00. The van der Waals surface area contributed by atoms with Gasteiger partial charge < -0.3 is 93.2 Å². The maximum Gasteiger partial charge on any atom is 0.251 e. The van der Waals surface area contributed by atoms with Gasteiger partial charge in [-0.25, -0.2) is 0 Å². The van der Waals surface area contributed by atoms with Crippen LogP contribution in [0.2, 0.25) is 0 Å². The van der Waals surface area contributed by atoms with Crippen LogP contribution in [0.1, 0.15) is 88.1 Å². The molecular formula is C62H92Cl3N11O15. The maximum atomic E-state index is 14.7. The van der Waals surface area contributed by atoms with Crippen molar-refractivity contribution < 1.29 is 74.0 Å². The Morgan fingerprint density at radius 2 is 1.32 bits per heavy atom. The Bertz CT molecular complexity index is 2910. The van der Waals surface area contributed by atoms with E-state index in [0.717, 1.165) is 58.7 Å². The smallest absolute Gasteiger partial charge is 0.251 e. The molecule has 5 aliphatic rings. The van der Waals surface area contributed by atoms with Gasteiger partial charge in [0.15, 0.2) is 11.5 Å². The molecule has 3 aromatic carbocycles. The van der Waals surface area contributed by atoms with Crippen molar-refractivity contribution in [2.24, 2.45) is 23.3 Å². The number of carbonyl (C=O) groups is 7. The molecule has 1 saturated carbocycles. The van der Waals surface area contributed by atoms with Gasteiger partial charge in [-0.2, -0.15) is 0 Å². The molecule has 0 radical (unpaired) electrons. The third-order valence-electron chi connectivity index (χ3n) is 18.0. The van der Waals surface area contributed by atoms with Gasteiger partial charge in [-0.1, -0.05) is 50.6 Å². The molecule has 29 heteroatoms. The summed E-state index contributed by atoms with van der Waals surface area (Å²) in [7, 11) is 0. The van der Waals surface area contributed by atoms with E-state index >= 15 is 0 Å². The third kappa shape index (κ3) is 18.8. The molecule has 1 aliphatic carbocycles. The molecule has 0 spiro atoms. The Kier molecular flexibility index (Phi) is 28.8. The quantitative estimate of drug-likeness (QED) is 0.0822. The van der Waals surface area contributed by atoms with Gasteiger partial charge in [-0.15, -0.1) is 37.2 Å². The molecule has 3 aromatic rings. The first-order valence-corrected chi connectivity index (χ1v) is 30.8. The van der Waals surface area contributed by atoms with E-state index in [-0.39, 0.29) is 92.5 Å². The summed E-state index contributed by atoms with van der Waals surface area (Å²) in [5.41, 5.74) is 14.6. The molecule has 7 amide bonds. The van der Waals surface area contributed by atoms with Gasteiger partial charge in [0, 0.05) is 94.8 Å². The number of aromatic hydroxyl groups is 1. The average molecular weight is 1340 g/mol. The van der Waals surface area contributed by atoms with E-state index in [0.29, 0.717) is 6.04 Å². The summed E-state index contributed by atoms with van der Waals surface area (Å²) in [4.78, 5) is 108. The summed E-state index contributed by atoms with van der Waals surface area (Å²) in [5.74, 6) is -7.62. The fourth-order valence-corrected chi connectivity index (χ4v) is 12.8. The first-order chi connectivity index (χ1) is 42.1. The molecule has 26 nitrogen and oxygen atoms in total. The van der Waals surface area contributed by atoms with E-state index < -0.39 is 152 Å². The molecule has 506 valence electrons. The number of rotatable bonds is 16. The number of ether oxygens (including phenoxy) is 1. The van der Waals surface area contributed by atoms with Crippen molar-refractivity contribution in [1.29, 1.82) is 0 Å². The number of phenolic OH excluding ortho intramolecular Hbond substituents is 1. The van der Waals surface area contributed by atoms with E-state index in [1.165, 1.54) is 57.2 Å². The molecule has 4 aliphatic heterocycles. The van der Waals surface area contributed by atoms with E-state index in [1.54, 1.807) is 31.2 Å². The number of benzene rings is 3. The number of piperazine rings is 1. The van der Waals surface area contributed by atoms with Crippen LogP contribution in [0.15, 0.2) is 66.7 Å². The van der Waals surface area contributed by atoms with Crippen LogP contribution in [-0.2, 0) is 35.2 Å². The molecule has 16 N–H and O–H groups in total. The minimum Gasteiger partial charge on any atom is -0.504 e. The molecular weight excluding hydrogens is 1250 g/mol. The van der Waals surface area contributed by atoms with Gasteiger partial charge in [-0.3, -0.25) is 38.5 Å². The second kappa shape index (κ2) is 34.7. The minimum atomic E-state index is -2.03. The lowest BCUT2D eigenvalue weighted by Gasteiger charge is -2.42. The highest BCUT2D eigenvalue weighted by atomic mass is 35.5. The Morgan fingerprint density at radius 1 is 0.703 bits per heavy atom. The molecule has 0 aromatic heterocycles. The number of amides is 7. The second-order valence-corrected chi connectivity index (χ2v) is 24.2. The Hall–Kier alpha value is -6.14. The van der Waals surface area contributed by atoms with Crippen molar-refractivity contribution in [2.45, 2.75) is 157 Å². The van der Waals surface area contributed by atoms with Crippen LogP contribution in [-0.4, -0.2) is 236 Å². The number of halogens is 3. The summed E-state index contributed by atoms with van der Waals surface area (Å²) < 4.78 is 5.52. The lowest BCUT2D eigenvalue weighted by atomic mass is 9.84. The van der Waals surface area contributed by atoms with Crippen LogP contribution in [0.3, 0.4) is 0 Å². The van der Waals surface area contributed by atoms with E-state index in [4.69, 9.17) is 16.2 Å². The van der Waals surface area contributed by atoms with E-state index in [1.807, 2.05) is 12.1 Å². The zero-order chi connectivity index (χ0) is 63.5. The summed E-state index contributed by atoms with van der Waals surface area (Å²) >= 11 is 0. The highest BCUT2D eigenvalue weighted by molar-refractivity contribution is 6.00. The number of phenols is 1. The first-order valence-electron chi connectivity index (χ1n) is 30.8. The number of nitrogens with zero attached hydrogens (tertiary/aromatic N) is 4. The lowest BCUT2D eigenvalue weighted by molar-refractivity contribution is -0.147. The number of fused-ring (bicyclic) bond motifs is 2. The molecule has 8 rings (SSSR count). The first kappa shape index (κ1) is 75.6. The molecule has 0 bridgehead atoms. The van der Waals surface area contributed by atoms with Crippen LogP contribution in [0.4, 0.5) is 5.69 Å². The van der Waals surface area contributed by atoms with Crippen LogP contribution < -0.4 is 47.7 Å². The number of hydrogen-bond acceptors (Lipinski definition) is 19. The van der Waals surface area contributed by atoms with Crippen LogP contribution >= 0.6 is 37.2 Å². The molecule has 4 saturated heterocycles. The molecule has 0 unspecified atom stereocenters. The SMILES string of the molecule is CCC1CCC(N2CCN(c3ccc(-c4ccc(C(=O)N[C@H]5C[C@@H](O)CNC(=O)[C@@H]6[C@@H](O)[C@@H](C)CN6C(=O)[C@H]([C@H](O)CCN)NC(=O)[C@H]([C@H](O)Cc6ccc(O)c(OCCN)c6)NC(=O)[C@@H]6C[C@@H](O)CN6C(=O)[C@H]([C@@H](C)O)NC5=O)cc4)cc3)CC2)CC1.Cl.Cl.Cl. The maximum absolute atomic E-state index is 14.7. The van der Waals surface area contributed by atoms with Crippen molar-refractivity contribution >= 4 is 84.3 Å². The summed E-state index contributed by atoms with van der Waals surface area (Å²) in [6, 6.07) is 8.61. The van der Waals surface area contributed by atoms with Crippen LogP contribution in [0.25, 0.3) is 11.1 Å². The molecule has 13 atom stereocenters. The normalized spacial score (nSPS) is 28.4. The van der Waals surface area contributed by atoms with Crippen LogP contribution in [0, 0.1) is 11.8 Å². The fraction of sp³-hybridized carbons (Fsp3) is 0.597. The highest BCUT2D eigenvalue weighted by Gasteiger charge is 2.50. The highest BCUT2D eigenvalue weighted by Crippen LogP contribution is 2.33. The van der Waals surface area contributed by atoms with Crippen molar-refractivity contribution in [3.05, 3.63) is 77.9 Å². The number of nitrogens with one attached hydrogen (secondary N) is 5. The van der Waals surface area contributed by atoms with E-state index in [9.17, 15) is 69.3 Å². The number of carbonyl (C=O) groups excluding carboxylic acids is 7. The Balaban J connectivity index is 0.00000501. The monoisotopic (exact) mass is 1340 g/mol. The number of hydrogen-bond donors (Lipinski definition) is 14. The number of β-amino-alcohol motifs (C(OH)–C–C–N with tert-alkyl or cyclic N) is 1. The number of aliphatic hydroxyl groups is 6. The summed E-state index contributed by atoms with van der Waals surface area (Å²) in [5, 5.41) is 91.4. The van der Waals surface area contributed by atoms with E-state index in [2.05, 4.69) is 55.4 Å². The Labute approximate surface area is 548 Å². The van der Waals surface area contributed by atoms with Crippen LogP contribution in [0.5, 0.6) is 11.5 Å². The minimum absolute atomic E-state index is 0. The van der Waals surface area contributed by atoms with Gasteiger partial charge in [0.25, 0.3) is 5.91 Å². The van der Waals surface area contributed by atoms with Gasteiger partial charge in [0.1, 0.15) is 42.9 Å². The number of anilines is 1. The van der Waals surface area contributed by atoms with Crippen molar-refractivity contribution in [1.82, 2.24) is 41.3 Å². The second-order valence-electron chi connectivity index (χ2n) is 24.2.